The van der Waals surface area contributed by atoms with Crippen molar-refractivity contribution < 1.29 is 13.9 Å². The maximum atomic E-state index is 12.8. The number of carbonyl (C=O) groups excluding carboxylic acids is 1. The lowest BCUT2D eigenvalue weighted by Crippen LogP contribution is -2.27. The summed E-state index contributed by atoms with van der Waals surface area (Å²) in [6.45, 7) is 0.639. The van der Waals surface area contributed by atoms with Crippen LogP contribution >= 0.6 is 12.2 Å². The molecule has 2 aromatic heterocycles. The van der Waals surface area contributed by atoms with Crippen molar-refractivity contribution in [1.82, 2.24) is 20.1 Å². The van der Waals surface area contributed by atoms with Crippen molar-refractivity contribution in [3.8, 4) is 5.75 Å². The average Bonchev–Trinajstić information content (AvgIpc) is 3.28. The Labute approximate surface area is 172 Å². The van der Waals surface area contributed by atoms with Crippen LogP contribution in [0, 0.1) is 4.77 Å². The largest absolute Gasteiger partial charge is 0.489 e. The maximum Gasteiger partial charge on any atom is 0.287 e. The number of aromatic nitrogens is 3. The van der Waals surface area contributed by atoms with E-state index in [0.29, 0.717) is 23.3 Å². The van der Waals surface area contributed by atoms with Crippen LogP contribution in [0.5, 0.6) is 5.75 Å². The molecule has 0 bridgehead atoms. The molecule has 29 heavy (non-hydrogen) atoms. The molecule has 0 aliphatic heterocycles. The van der Waals surface area contributed by atoms with Gasteiger partial charge in [0.25, 0.3) is 5.91 Å². The van der Waals surface area contributed by atoms with Crippen molar-refractivity contribution >= 4 is 29.1 Å². The molecule has 2 heterocycles. The molecule has 0 atom stereocenters. The number of H-pyrrole nitrogens is 1. The zero-order chi connectivity index (χ0) is 20.2. The Morgan fingerprint density at radius 2 is 1.97 bits per heavy atom. The Hall–Kier alpha value is -3.39. The van der Waals surface area contributed by atoms with Crippen molar-refractivity contribution in [2.75, 3.05) is 6.54 Å². The average molecular weight is 408 g/mol. The zero-order valence-corrected chi connectivity index (χ0v) is 16.7. The summed E-state index contributed by atoms with van der Waals surface area (Å²) >= 11 is 5.10. The van der Waals surface area contributed by atoms with Crippen LogP contribution in [0.15, 0.2) is 59.0 Å². The fourth-order valence-electron chi connectivity index (χ4n) is 3.07. The molecule has 0 saturated carbocycles. The topological polar surface area (TPSA) is 85.1 Å². The molecule has 1 amide bonds. The predicted molar refractivity (Wildman–Crippen MR) is 111 cm³/mol. The van der Waals surface area contributed by atoms with Gasteiger partial charge in [-0.2, -0.15) is 5.10 Å². The van der Waals surface area contributed by atoms with Crippen LogP contribution in [0.3, 0.4) is 0 Å². The minimum atomic E-state index is -0.287. The molecule has 0 spiro atoms. The van der Waals surface area contributed by atoms with Gasteiger partial charge in [-0.25, -0.2) is 0 Å². The highest BCUT2D eigenvalue weighted by Crippen LogP contribution is 2.27. The Morgan fingerprint density at radius 1 is 1.21 bits per heavy atom. The first-order valence-corrected chi connectivity index (χ1v) is 9.61. The second-order valence-corrected chi connectivity index (χ2v) is 6.90. The molecule has 2 N–H and O–H groups in total. The normalized spacial score (nSPS) is 10.9. The second kappa shape index (κ2) is 8.32. The Morgan fingerprint density at radius 3 is 2.72 bits per heavy atom. The fourth-order valence-corrected chi connectivity index (χ4v) is 3.22. The molecule has 8 heteroatoms. The standard InChI is InChI=1S/C21H20N4O3S/c1-25-18(23-24-21(25)29)11-12-22-20(26)19-16(13-27-14-7-3-2-4-8-14)15-9-5-6-10-17(15)28-19/h2-10H,11-13H2,1H3,(H,22,26)(H,24,29). The Kier molecular flexibility index (Phi) is 5.44. The third kappa shape index (κ3) is 4.07. The summed E-state index contributed by atoms with van der Waals surface area (Å²) in [6, 6.07) is 17.0. The summed E-state index contributed by atoms with van der Waals surface area (Å²) in [5.74, 6) is 1.48. The van der Waals surface area contributed by atoms with Crippen LogP contribution in [-0.2, 0) is 20.1 Å². The Balaban J connectivity index is 1.51. The van der Waals surface area contributed by atoms with Crippen molar-refractivity contribution in [3.63, 3.8) is 0 Å². The molecule has 0 unspecified atom stereocenters. The molecular weight excluding hydrogens is 388 g/mol. The van der Waals surface area contributed by atoms with E-state index in [2.05, 4.69) is 15.5 Å². The highest BCUT2D eigenvalue weighted by atomic mass is 32.1. The van der Waals surface area contributed by atoms with Crippen LogP contribution in [0.1, 0.15) is 21.9 Å². The molecule has 0 aliphatic rings. The van der Waals surface area contributed by atoms with Gasteiger partial charge in [0.2, 0.25) is 0 Å². The van der Waals surface area contributed by atoms with E-state index in [1.807, 2.05) is 61.6 Å². The van der Waals surface area contributed by atoms with Crippen molar-refractivity contribution in [1.29, 1.82) is 0 Å². The molecule has 0 fully saturated rings. The van der Waals surface area contributed by atoms with E-state index in [-0.39, 0.29) is 18.3 Å². The second-order valence-electron chi connectivity index (χ2n) is 6.52. The first kappa shape index (κ1) is 18.9. The number of hydrogen-bond donors (Lipinski definition) is 2. The summed E-state index contributed by atoms with van der Waals surface area (Å²) < 4.78 is 14.0. The van der Waals surface area contributed by atoms with Gasteiger partial charge >= 0.3 is 0 Å². The lowest BCUT2D eigenvalue weighted by atomic mass is 10.1. The lowest BCUT2D eigenvalue weighted by Gasteiger charge is -2.08. The van der Waals surface area contributed by atoms with Crippen molar-refractivity contribution in [3.05, 3.63) is 76.5 Å². The minimum Gasteiger partial charge on any atom is -0.489 e. The van der Waals surface area contributed by atoms with Gasteiger partial charge in [-0.1, -0.05) is 36.4 Å². The van der Waals surface area contributed by atoms with Gasteiger partial charge in [-0.3, -0.25) is 9.89 Å². The molecule has 148 valence electrons. The van der Waals surface area contributed by atoms with Crippen molar-refractivity contribution in [2.45, 2.75) is 13.0 Å². The number of para-hydroxylation sites is 2. The number of amides is 1. The van der Waals surface area contributed by atoms with Crippen molar-refractivity contribution in [2.24, 2.45) is 7.05 Å². The Bertz CT molecular complexity index is 1190. The van der Waals surface area contributed by atoms with E-state index in [1.165, 1.54) is 0 Å². The summed E-state index contributed by atoms with van der Waals surface area (Å²) in [5, 5.41) is 10.6. The molecule has 0 aliphatic carbocycles. The highest BCUT2D eigenvalue weighted by Gasteiger charge is 2.21. The highest BCUT2D eigenvalue weighted by molar-refractivity contribution is 7.71. The van der Waals surface area contributed by atoms with Gasteiger partial charge in [0.1, 0.15) is 23.8 Å². The fraction of sp³-hybridized carbons (Fsp3) is 0.190. The molecule has 7 nitrogen and oxygen atoms in total. The third-order valence-corrected chi connectivity index (χ3v) is 5.00. The van der Waals surface area contributed by atoms with E-state index in [1.54, 1.807) is 4.57 Å². The lowest BCUT2D eigenvalue weighted by molar-refractivity contribution is 0.0925. The van der Waals surface area contributed by atoms with Gasteiger partial charge in [-0.05, 0) is 30.4 Å². The van der Waals surface area contributed by atoms with E-state index in [0.717, 1.165) is 22.5 Å². The molecule has 4 aromatic rings. The summed E-state index contributed by atoms with van der Waals surface area (Å²) in [5.41, 5.74) is 1.37. The van der Waals surface area contributed by atoms with Gasteiger partial charge in [0.15, 0.2) is 10.5 Å². The van der Waals surface area contributed by atoms with Crippen LogP contribution < -0.4 is 10.1 Å². The van der Waals surface area contributed by atoms with E-state index >= 15 is 0 Å². The van der Waals surface area contributed by atoms with E-state index in [4.69, 9.17) is 21.4 Å². The first-order chi connectivity index (χ1) is 14.1. The number of nitrogens with one attached hydrogen (secondary N) is 2. The van der Waals surface area contributed by atoms with Gasteiger partial charge in [0, 0.05) is 31.0 Å². The first-order valence-electron chi connectivity index (χ1n) is 9.20. The monoisotopic (exact) mass is 408 g/mol. The number of fused-ring (bicyclic) bond motifs is 1. The predicted octanol–water partition coefficient (Wildman–Crippen LogP) is 3.78. The number of benzene rings is 2. The number of furan rings is 1. The van der Waals surface area contributed by atoms with Gasteiger partial charge in [-0.15, -0.1) is 0 Å². The summed E-state index contributed by atoms with van der Waals surface area (Å²) in [7, 11) is 1.83. The zero-order valence-electron chi connectivity index (χ0n) is 15.8. The molecular formula is C21H20N4O3S. The minimum absolute atomic E-state index is 0.234. The smallest absolute Gasteiger partial charge is 0.287 e. The van der Waals surface area contributed by atoms with E-state index < -0.39 is 0 Å². The quantitative estimate of drug-likeness (QED) is 0.455. The summed E-state index contributed by atoms with van der Waals surface area (Å²) in [4.78, 5) is 12.8. The molecule has 0 radical (unpaired) electrons. The molecule has 0 saturated heterocycles. The number of carbonyl (C=O) groups is 1. The number of rotatable bonds is 7. The molecule has 4 rings (SSSR count). The maximum absolute atomic E-state index is 12.8. The number of ether oxygens (including phenoxy) is 1. The van der Waals surface area contributed by atoms with Gasteiger partial charge < -0.3 is 19.0 Å². The molecule has 2 aromatic carbocycles. The number of nitrogens with zero attached hydrogens (tertiary/aromatic N) is 2. The van der Waals surface area contributed by atoms with Crippen LogP contribution in [0.2, 0.25) is 0 Å². The number of hydrogen-bond acceptors (Lipinski definition) is 5. The number of aromatic amines is 1. The van der Waals surface area contributed by atoms with Crippen LogP contribution in [-0.4, -0.2) is 27.2 Å². The third-order valence-electron chi connectivity index (χ3n) is 4.64. The van der Waals surface area contributed by atoms with Crippen LogP contribution in [0.4, 0.5) is 0 Å². The summed E-state index contributed by atoms with van der Waals surface area (Å²) in [6.07, 6.45) is 0.547. The SMILES string of the molecule is Cn1c(CCNC(=O)c2oc3ccccc3c2COc2ccccc2)n[nH]c1=S. The van der Waals surface area contributed by atoms with Gasteiger partial charge in [0.05, 0.1) is 0 Å². The van der Waals surface area contributed by atoms with E-state index in [9.17, 15) is 4.79 Å². The van der Waals surface area contributed by atoms with Crippen LogP contribution in [0.25, 0.3) is 11.0 Å².